The number of rotatable bonds is 1. The van der Waals surface area contributed by atoms with Gasteiger partial charge in [-0.2, -0.15) is 13.2 Å². The Bertz CT molecular complexity index is 832. The van der Waals surface area contributed by atoms with Crippen LogP contribution in [-0.2, 0) is 6.18 Å². The molecule has 0 radical (unpaired) electrons. The van der Waals surface area contributed by atoms with E-state index in [9.17, 15) is 18.0 Å². The lowest BCUT2D eigenvalue weighted by molar-refractivity contribution is -0.137. The molecule has 6 heteroatoms. The first kappa shape index (κ1) is 12.9. The van der Waals surface area contributed by atoms with E-state index in [1.165, 1.54) is 17.4 Å². The molecule has 2 nitrogen and oxygen atoms in total. The highest BCUT2D eigenvalue weighted by atomic mass is 32.1. The molecule has 102 valence electrons. The molecule has 0 amide bonds. The smallest absolute Gasteiger partial charge is 0.321 e. The normalized spacial score (nSPS) is 11.9. The average Bonchev–Trinajstić information content (AvgIpc) is 2.87. The number of benzene rings is 1. The van der Waals surface area contributed by atoms with E-state index in [2.05, 4.69) is 4.98 Å². The Morgan fingerprint density at radius 2 is 1.90 bits per heavy atom. The molecule has 0 aliphatic heterocycles. The molecule has 0 fully saturated rings. The van der Waals surface area contributed by atoms with Crippen LogP contribution in [0.15, 0.2) is 46.6 Å². The first-order valence-electron chi connectivity index (χ1n) is 5.73. The minimum atomic E-state index is -4.40. The molecule has 2 heterocycles. The molecule has 0 spiro atoms. The molecule has 0 aliphatic rings. The standard InChI is InChI=1S/C14H8F3NOS/c15-14(16,17)9-3-1-2-8(6-9)11-7-12-10(4-5-20-12)13(19)18-11/h1-7H,(H,18,19). The van der Waals surface area contributed by atoms with Gasteiger partial charge in [0.2, 0.25) is 0 Å². The molecule has 0 saturated carbocycles. The number of fused-ring (bicyclic) bond motifs is 1. The Morgan fingerprint density at radius 1 is 1.10 bits per heavy atom. The van der Waals surface area contributed by atoms with Crippen molar-refractivity contribution < 1.29 is 13.2 Å². The molecule has 0 saturated heterocycles. The van der Waals surface area contributed by atoms with Crippen molar-refractivity contribution >= 4 is 21.4 Å². The van der Waals surface area contributed by atoms with Crippen LogP contribution in [0.5, 0.6) is 0 Å². The van der Waals surface area contributed by atoms with Crippen LogP contribution in [0.25, 0.3) is 21.3 Å². The van der Waals surface area contributed by atoms with Crippen LogP contribution in [-0.4, -0.2) is 4.98 Å². The second kappa shape index (κ2) is 4.49. The summed E-state index contributed by atoms with van der Waals surface area (Å²) in [6.45, 7) is 0. The predicted octanol–water partition coefficient (Wildman–Crippen LogP) is 4.28. The van der Waals surface area contributed by atoms with Crippen molar-refractivity contribution in [2.24, 2.45) is 0 Å². The number of pyridine rings is 1. The van der Waals surface area contributed by atoms with Crippen molar-refractivity contribution in [2.45, 2.75) is 6.18 Å². The number of hydrogen-bond donors (Lipinski definition) is 1. The van der Waals surface area contributed by atoms with Crippen molar-refractivity contribution in [2.75, 3.05) is 0 Å². The van der Waals surface area contributed by atoms with Crippen molar-refractivity contribution in [3.8, 4) is 11.3 Å². The van der Waals surface area contributed by atoms with Crippen LogP contribution < -0.4 is 5.56 Å². The second-order valence-corrected chi connectivity index (χ2v) is 5.24. The van der Waals surface area contributed by atoms with E-state index in [1.807, 2.05) is 0 Å². The number of thiophene rings is 1. The van der Waals surface area contributed by atoms with Gasteiger partial charge in [0, 0.05) is 10.4 Å². The maximum absolute atomic E-state index is 12.7. The molecule has 0 unspecified atom stereocenters. The number of nitrogens with one attached hydrogen (secondary N) is 1. The van der Waals surface area contributed by atoms with Gasteiger partial charge in [0.1, 0.15) is 0 Å². The summed E-state index contributed by atoms with van der Waals surface area (Å²) in [6, 6.07) is 8.29. The van der Waals surface area contributed by atoms with E-state index in [-0.39, 0.29) is 5.56 Å². The lowest BCUT2D eigenvalue weighted by Gasteiger charge is -2.08. The zero-order valence-corrected chi connectivity index (χ0v) is 10.8. The summed E-state index contributed by atoms with van der Waals surface area (Å²) in [5.41, 5.74) is -0.304. The molecule has 3 rings (SSSR count). The Morgan fingerprint density at radius 3 is 2.65 bits per heavy atom. The number of aromatic nitrogens is 1. The van der Waals surface area contributed by atoms with Gasteiger partial charge in [-0.05, 0) is 35.2 Å². The lowest BCUT2D eigenvalue weighted by Crippen LogP contribution is -2.07. The third-order valence-electron chi connectivity index (χ3n) is 2.96. The van der Waals surface area contributed by atoms with Gasteiger partial charge in [0.05, 0.1) is 10.9 Å². The van der Waals surface area contributed by atoms with E-state index >= 15 is 0 Å². The molecule has 0 bridgehead atoms. The van der Waals surface area contributed by atoms with Crippen LogP contribution in [0.1, 0.15) is 5.56 Å². The fraction of sp³-hybridized carbons (Fsp3) is 0.0714. The molecule has 1 aromatic carbocycles. The highest BCUT2D eigenvalue weighted by molar-refractivity contribution is 7.17. The summed E-state index contributed by atoms with van der Waals surface area (Å²) in [5, 5.41) is 2.32. The zero-order valence-electron chi connectivity index (χ0n) is 9.99. The molecule has 0 aliphatic carbocycles. The third-order valence-corrected chi connectivity index (χ3v) is 3.83. The molecular weight excluding hydrogens is 287 g/mol. The summed E-state index contributed by atoms with van der Waals surface area (Å²) < 4.78 is 38.8. The number of halogens is 3. The van der Waals surface area contributed by atoms with Crippen LogP contribution in [0.4, 0.5) is 13.2 Å². The van der Waals surface area contributed by atoms with Gasteiger partial charge >= 0.3 is 6.18 Å². The first-order valence-corrected chi connectivity index (χ1v) is 6.61. The van der Waals surface area contributed by atoms with Gasteiger partial charge in [-0.1, -0.05) is 12.1 Å². The molecule has 20 heavy (non-hydrogen) atoms. The fourth-order valence-corrected chi connectivity index (χ4v) is 2.82. The van der Waals surface area contributed by atoms with E-state index in [4.69, 9.17) is 0 Å². The Hall–Kier alpha value is -2.08. The zero-order chi connectivity index (χ0) is 14.3. The Labute approximate surface area is 115 Å². The lowest BCUT2D eigenvalue weighted by atomic mass is 10.1. The van der Waals surface area contributed by atoms with Gasteiger partial charge in [-0.25, -0.2) is 0 Å². The molecule has 0 atom stereocenters. The van der Waals surface area contributed by atoms with Crippen molar-refractivity contribution in [1.82, 2.24) is 4.98 Å². The quantitative estimate of drug-likeness (QED) is 0.714. The number of alkyl halides is 3. The van der Waals surface area contributed by atoms with Gasteiger partial charge in [-0.15, -0.1) is 11.3 Å². The maximum Gasteiger partial charge on any atom is 0.416 e. The largest absolute Gasteiger partial charge is 0.416 e. The van der Waals surface area contributed by atoms with Crippen LogP contribution >= 0.6 is 11.3 Å². The Balaban J connectivity index is 2.18. The highest BCUT2D eigenvalue weighted by Gasteiger charge is 2.30. The van der Waals surface area contributed by atoms with E-state index < -0.39 is 11.7 Å². The number of aromatic amines is 1. The van der Waals surface area contributed by atoms with Crippen molar-refractivity contribution in [3.63, 3.8) is 0 Å². The highest BCUT2D eigenvalue weighted by Crippen LogP contribution is 2.32. The summed E-state index contributed by atoms with van der Waals surface area (Å²) in [7, 11) is 0. The number of hydrogen-bond acceptors (Lipinski definition) is 2. The first-order chi connectivity index (χ1) is 9.45. The number of H-pyrrole nitrogens is 1. The SMILES string of the molecule is O=c1[nH]c(-c2cccc(C(F)(F)F)c2)cc2sccc12. The van der Waals surface area contributed by atoms with Crippen molar-refractivity contribution in [3.05, 3.63) is 57.7 Å². The van der Waals surface area contributed by atoms with Crippen molar-refractivity contribution in [1.29, 1.82) is 0 Å². The minimum absolute atomic E-state index is 0.295. The molecule has 3 aromatic rings. The predicted molar refractivity (Wildman–Crippen MR) is 72.9 cm³/mol. The maximum atomic E-state index is 12.7. The van der Waals surface area contributed by atoms with Gasteiger partial charge in [0.15, 0.2) is 0 Å². The van der Waals surface area contributed by atoms with E-state index in [0.29, 0.717) is 16.6 Å². The molecule has 2 aromatic heterocycles. The van der Waals surface area contributed by atoms with E-state index in [1.54, 1.807) is 23.6 Å². The summed E-state index contributed by atoms with van der Waals surface area (Å²) in [4.78, 5) is 14.5. The van der Waals surface area contributed by atoms with Crippen LogP contribution in [0.3, 0.4) is 0 Å². The topological polar surface area (TPSA) is 32.9 Å². The minimum Gasteiger partial charge on any atom is -0.321 e. The van der Waals surface area contributed by atoms with Gasteiger partial charge < -0.3 is 4.98 Å². The van der Waals surface area contributed by atoms with Crippen LogP contribution in [0.2, 0.25) is 0 Å². The summed E-state index contributed by atoms with van der Waals surface area (Å²) in [5.74, 6) is 0. The monoisotopic (exact) mass is 295 g/mol. The Kier molecular flexibility index (Phi) is 2.90. The van der Waals surface area contributed by atoms with E-state index in [0.717, 1.165) is 16.8 Å². The summed E-state index contributed by atoms with van der Waals surface area (Å²) >= 11 is 1.38. The second-order valence-electron chi connectivity index (χ2n) is 4.29. The third kappa shape index (κ3) is 2.22. The average molecular weight is 295 g/mol. The van der Waals surface area contributed by atoms with Crippen LogP contribution in [0, 0.1) is 0 Å². The molecular formula is C14H8F3NOS. The fourth-order valence-electron chi connectivity index (χ4n) is 2.00. The van der Waals surface area contributed by atoms with Gasteiger partial charge in [-0.3, -0.25) is 4.79 Å². The van der Waals surface area contributed by atoms with Gasteiger partial charge in [0.25, 0.3) is 5.56 Å². The molecule has 1 N–H and O–H groups in total. The summed E-state index contributed by atoms with van der Waals surface area (Å²) in [6.07, 6.45) is -4.40.